The van der Waals surface area contributed by atoms with Crippen LogP contribution in [0.2, 0.25) is 0 Å². The quantitative estimate of drug-likeness (QED) is 0.784. The number of hydrogen-bond donors (Lipinski definition) is 2. The monoisotopic (exact) mass is 280 g/mol. The number of aromatic nitrogens is 3. The standard InChI is InChI=1S/C13H20N4O3/c1-9(13(20)10-4-6-14-7-5-10)17-8-11(15-16-17)2-3-12(18)19/h8-10,14H,2-7H2,1H3,(H,18,19)/t9-/m0/s1. The van der Waals surface area contributed by atoms with Crippen LogP contribution in [-0.2, 0) is 16.0 Å². The van der Waals surface area contributed by atoms with E-state index in [1.165, 1.54) is 0 Å². The molecule has 0 unspecified atom stereocenters. The average molecular weight is 280 g/mol. The summed E-state index contributed by atoms with van der Waals surface area (Å²) in [7, 11) is 0. The van der Waals surface area contributed by atoms with E-state index in [9.17, 15) is 9.59 Å². The third-order valence-corrected chi connectivity index (χ3v) is 3.70. The molecule has 1 aliphatic heterocycles. The molecular weight excluding hydrogens is 260 g/mol. The van der Waals surface area contributed by atoms with Gasteiger partial charge in [0.1, 0.15) is 6.04 Å². The van der Waals surface area contributed by atoms with E-state index in [1.807, 2.05) is 6.92 Å². The molecule has 1 saturated heterocycles. The lowest BCUT2D eigenvalue weighted by atomic mass is 9.90. The molecule has 0 spiro atoms. The Morgan fingerprint density at radius 3 is 2.85 bits per heavy atom. The van der Waals surface area contributed by atoms with Crippen LogP contribution in [0.4, 0.5) is 0 Å². The SMILES string of the molecule is C[C@@H](C(=O)C1CCNCC1)n1cc(CCC(=O)O)nn1. The highest BCUT2D eigenvalue weighted by atomic mass is 16.4. The number of carboxylic acid groups (broad SMARTS) is 1. The molecule has 0 aromatic carbocycles. The Balaban J connectivity index is 1.95. The Morgan fingerprint density at radius 1 is 1.50 bits per heavy atom. The minimum Gasteiger partial charge on any atom is -0.481 e. The van der Waals surface area contributed by atoms with Gasteiger partial charge in [0.15, 0.2) is 5.78 Å². The summed E-state index contributed by atoms with van der Waals surface area (Å²) in [6, 6.07) is -0.343. The van der Waals surface area contributed by atoms with Gasteiger partial charge in [0, 0.05) is 18.5 Å². The lowest BCUT2D eigenvalue weighted by Gasteiger charge is -2.24. The van der Waals surface area contributed by atoms with Crippen molar-refractivity contribution in [2.24, 2.45) is 5.92 Å². The molecule has 2 heterocycles. The molecule has 0 aliphatic carbocycles. The molecule has 0 bridgehead atoms. The molecule has 20 heavy (non-hydrogen) atoms. The van der Waals surface area contributed by atoms with E-state index in [0.717, 1.165) is 25.9 Å². The lowest BCUT2D eigenvalue weighted by molar-refractivity contribution is -0.137. The van der Waals surface area contributed by atoms with Gasteiger partial charge in [0.25, 0.3) is 0 Å². The summed E-state index contributed by atoms with van der Waals surface area (Å²) in [4.78, 5) is 22.9. The van der Waals surface area contributed by atoms with Crippen LogP contribution in [0.5, 0.6) is 0 Å². The van der Waals surface area contributed by atoms with Crippen molar-refractivity contribution in [2.45, 2.75) is 38.6 Å². The molecule has 1 aliphatic rings. The number of carbonyl (C=O) groups is 2. The van der Waals surface area contributed by atoms with E-state index in [-0.39, 0.29) is 24.2 Å². The Kier molecular flexibility index (Phi) is 4.84. The fraction of sp³-hybridized carbons (Fsp3) is 0.692. The molecule has 7 nitrogen and oxygen atoms in total. The van der Waals surface area contributed by atoms with Gasteiger partial charge in [0.2, 0.25) is 0 Å². The molecule has 2 N–H and O–H groups in total. The van der Waals surface area contributed by atoms with Crippen LogP contribution in [0.25, 0.3) is 0 Å². The van der Waals surface area contributed by atoms with E-state index in [0.29, 0.717) is 12.1 Å². The number of ketones is 1. The van der Waals surface area contributed by atoms with Crippen molar-refractivity contribution in [3.05, 3.63) is 11.9 Å². The molecule has 7 heteroatoms. The zero-order valence-corrected chi connectivity index (χ0v) is 11.6. The average Bonchev–Trinajstić information content (AvgIpc) is 2.93. The second-order valence-corrected chi connectivity index (χ2v) is 5.19. The van der Waals surface area contributed by atoms with Gasteiger partial charge in [-0.05, 0) is 32.9 Å². The van der Waals surface area contributed by atoms with Gasteiger partial charge in [0.05, 0.1) is 12.1 Å². The largest absolute Gasteiger partial charge is 0.481 e. The summed E-state index contributed by atoms with van der Waals surface area (Å²) in [5.41, 5.74) is 0.609. The predicted octanol–water partition coefficient (Wildman–Crippen LogP) is 0.425. The van der Waals surface area contributed by atoms with Crippen LogP contribution in [0.1, 0.15) is 37.9 Å². The second-order valence-electron chi connectivity index (χ2n) is 5.19. The van der Waals surface area contributed by atoms with Gasteiger partial charge in [-0.15, -0.1) is 5.10 Å². The van der Waals surface area contributed by atoms with Crippen LogP contribution >= 0.6 is 0 Å². The Morgan fingerprint density at radius 2 is 2.20 bits per heavy atom. The first kappa shape index (κ1) is 14.6. The number of piperidine rings is 1. The molecule has 1 aromatic heterocycles. The number of carbonyl (C=O) groups excluding carboxylic acids is 1. The Labute approximate surface area is 117 Å². The van der Waals surface area contributed by atoms with E-state index < -0.39 is 5.97 Å². The number of Topliss-reactive ketones (excluding diaryl/α,β-unsaturated/α-hetero) is 1. The van der Waals surface area contributed by atoms with Crippen LogP contribution in [0, 0.1) is 5.92 Å². The van der Waals surface area contributed by atoms with Crippen LogP contribution in [0.3, 0.4) is 0 Å². The predicted molar refractivity (Wildman–Crippen MR) is 71.3 cm³/mol. The van der Waals surface area contributed by atoms with Crippen molar-refractivity contribution >= 4 is 11.8 Å². The van der Waals surface area contributed by atoms with Crippen molar-refractivity contribution in [3.63, 3.8) is 0 Å². The van der Waals surface area contributed by atoms with Gasteiger partial charge < -0.3 is 10.4 Å². The van der Waals surface area contributed by atoms with E-state index in [1.54, 1.807) is 10.9 Å². The van der Waals surface area contributed by atoms with Gasteiger partial charge in [-0.25, -0.2) is 4.68 Å². The number of rotatable bonds is 6. The highest BCUT2D eigenvalue weighted by molar-refractivity contribution is 5.84. The zero-order valence-electron chi connectivity index (χ0n) is 11.6. The minimum atomic E-state index is -0.863. The minimum absolute atomic E-state index is 0.0231. The van der Waals surface area contributed by atoms with Gasteiger partial charge in [-0.2, -0.15) is 0 Å². The van der Waals surface area contributed by atoms with Crippen molar-refractivity contribution < 1.29 is 14.7 Å². The van der Waals surface area contributed by atoms with Crippen molar-refractivity contribution in [3.8, 4) is 0 Å². The summed E-state index contributed by atoms with van der Waals surface area (Å²) in [6.07, 6.45) is 3.76. The summed E-state index contributed by atoms with van der Waals surface area (Å²) < 4.78 is 1.54. The van der Waals surface area contributed by atoms with Gasteiger partial charge >= 0.3 is 5.97 Å². The maximum absolute atomic E-state index is 12.4. The molecule has 0 saturated carbocycles. The molecule has 110 valence electrons. The van der Waals surface area contributed by atoms with Crippen LogP contribution in [0.15, 0.2) is 6.20 Å². The van der Waals surface area contributed by atoms with E-state index >= 15 is 0 Å². The first-order valence-corrected chi connectivity index (χ1v) is 6.95. The van der Waals surface area contributed by atoms with E-state index in [4.69, 9.17) is 5.11 Å². The summed E-state index contributed by atoms with van der Waals surface area (Å²) in [5, 5.41) is 19.7. The molecule has 0 radical (unpaired) electrons. The Hall–Kier alpha value is -1.76. The van der Waals surface area contributed by atoms with Crippen molar-refractivity contribution in [1.29, 1.82) is 0 Å². The fourth-order valence-electron chi connectivity index (χ4n) is 2.43. The molecule has 2 rings (SSSR count). The summed E-state index contributed by atoms with van der Waals surface area (Å²) >= 11 is 0. The van der Waals surface area contributed by atoms with Crippen LogP contribution < -0.4 is 5.32 Å². The van der Waals surface area contributed by atoms with Crippen molar-refractivity contribution in [2.75, 3.05) is 13.1 Å². The summed E-state index contributed by atoms with van der Waals surface area (Å²) in [6.45, 7) is 3.58. The number of carboxylic acids is 1. The normalized spacial score (nSPS) is 17.9. The maximum atomic E-state index is 12.4. The van der Waals surface area contributed by atoms with Gasteiger partial charge in [-0.3, -0.25) is 9.59 Å². The third-order valence-electron chi connectivity index (χ3n) is 3.70. The first-order chi connectivity index (χ1) is 9.58. The topological polar surface area (TPSA) is 97.1 Å². The maximum Gasteiger partial charge on any atom is 0.303 e. The van der Waals surface area contributed by atoms with Crippen molar-refractivity contribution in [1.82, 2.24) is 20.3 Å². The molecule has 1 aromatic rings. The molecule has 0 amide bonds. The Bertz CT molecular complexity index is 480. The number of aryl methyl sites for hydroxylation is 1. The highest BCUT2D eigenvalue weighted by Crippen LogP contribution is 2.20. The smallest absolute Gasteiger partial charge is 0.303 e. The number of nitrogens with zero attached hydrogens (tertiary/aromatic N) is 3. The summed E-state index contributed by atoms with van der Waals surface area (Å²) in [5.74, 6) is -0.600. The van der Waals surface area contributed by atoms with Crippen LogP contribution in [-0.4, -0.2) is 44.9 Å². The lowest BCUT2D eigenvalue weighted by Crippen LogP contribution is -2.34. The third kappa shape index (κ3) is 3.63. The first-order valence-electron chi connectivity index (χ1n) is 6.95. The second kappa shape index (κ2) is 6.60. The highest BCUT2D eigenvalue weighted by Gasteiger charge is 2.27. The number of nitrogens with one attached hydrogen (secondary N) is 1. The zero-order chi connectivity index (χ0) is 14.5. The van der Waals surface area contributed by atoms with E-state index in [2.05, 4.69) is 15.6 Å². The number of aliphatic carboxylic acids is 1. The molecule has 1 atom stereocenters. The molecule has 1 fully saturated rings. The number of hydrogen-bond acceptors (Lipinski definition) is 5. The molecular formula is C13H20N4O3. The van der Waals surface area contributed by atoms with Gasteiger partial charge in [-0.1, -0.05) is 5.21 Å². The fourth-order valence-corrected chi connectivity index (χ4v) is 2.43.